The number of aromatic nitrogens is 1. The van der Waals surface area contributed by atoms with Crippen LogP contribution in [0.25, 0.3) is 11.3 Å². The number of thioether (sulfide) groups is 1. The predicted molar refractivity (Wildman–Crippen MR) is 80.0 cm³/mol. The number of halogens is 3. The van der Waals surface area contributed by atoms with Gasteiger partial charge in [-0.05, 0) is 18.1 Å². The summed E-state index contributed by atoms with van der Waals surface area (Å²) in [5.41, 5.74) is -0.371. The number of alkyl halides is 3. The van der Waals surface area contributed by atoms with E-state index in [1.807, 2.05) is 0 Å². The maximum Gasteiger partial charge on any atom is 0.418 e. The lowest BCUT2D eigenvalue weighted by Gasteiger charge is -2.22. The Labute approximate surface area is 134 Å². The van der Waals surface area contributed by atoms with Crippen molar-refractivity contribution in [3.63, 3.8) is 0 Å². The number of nitrogens with zero attached hydrogens (tertiary/aromatic N) is 2. The fourth-order valence-corrected chi connectivity index (χ4v) is 3.43. The van der Waals surface area contributed by atoms with E-state index >= 15 is 0 Å². The number of rotatable bonds is 3. The van der Waals surface area contributed by atoms with E-state index in [9.17, 15) is 18.4 Å². The molecule has 0 unspecified atom stereocenters. The van der Waals surface area contributed by atoms with E-state index < -0.39 is 17.3 Å². The highest BCUT2D eigenvalue weighted by Gasteiger charge is 2.41. The van der Waals surface area contributed by atoms with Gasteiger partial charge < -0.3 is 4.42 Å². The third kappa shape index (κ3) is 2.63. The molecule has 0 N–H and O–H groups in total. The molecule has 3 rings (SSSR count). The van der Waals surface area contributed by atoms with E-state index in [1.54, 1.807) is 18.2 Å². The van der Waals surface area contributed by atoms with Gasteiger partial charge in [0.1, 0.15) is 16.9 Å². The van der Waals surface area contributed by atoms with E-state index in [0.717, 1.165) is 11.8 Å². The van der Waals surface area contributed by atoms with Gasteiger partial charge in [-0.1, -0.05) is 6.08 Å². The largest absolute Gasteiger partial charge is 0.469 e. The molecule has 0 aliphatic heterocycles. The summed E-state index contributed by atoms with van der Waals surface area (Å²) >= 11 is 1.07. The molecule has 0 aromatic carbocycles. The fraction of sp³-hybridized carbons (Fsp3) is 0.250. The van der Waals surface area contributed by atoms with Crippen molar-refractivity contribution in [2.75, 3.05) is 5.75 Å². The summed E-state index contributed by atoms with van der Waals surface area (Å²) in [6.07, 6.45) is -1.08. The smallest absolute Gasteiger partial charge is 0.418 e. The Bertz CT molecular complexity index is 818. The van der Waals surface area contributed by atoms with Gasteiger partial charge in [-0.3, -0.25) is 0 Å². The van der Waals surface area contributed by atoms with Crippen LogP contribution in [-0.2, 0) is 19.0 Å². The average molecular weight is 336 g/mol. The number of hydrogen-bond acceptors (Lipinski definition) is 4. The molecule has 1 aliphatic carbocycles. The van der Waals surface area contributed by atoms with Crippen LogP contribution in [0.2, 0.25) is 0 Å². The summed E-state index contributed by atoms with van der Waals surface area (Å²) in [6, 6.07) is 3.31. The van der Waals surface area contributed by atoms with Gasteiger partial charge in [0.05, 0.1) is 23.1 Å². The van der Waals surface area contributed by atoms with E-state index in [4.69, 9.17) is 4.42 Å². The molecule has 2 aromatic heterocycles. The molecule has 0 amide bonds. The minimum absolute atomic E-state index is 0.0749. The van der Waals surface area contributed by atoms with Crippen LogP contribution in [0.15, 0.2) is 34.4 Å². The second-order valence-corrected chi connectivity index (χ2v) is 5.97. The fourth-order valence-electron chi connectivity index (χ4n) is 2.71. The first kappa shape index (κ1) is 15.7. The van der Waals surface area contributed by atoms with Gasteiger partial charge in [-0.15, -0.1) is 18.3 Å². The third-order valence-corrected chi connectivity index (χ3v) is 4.57. The van der Waals surface area contributed by atoms with Gasteiger partial charge >= 0.3 is 6.18 Å². The van der Waals surface area contributed by atoms with E-state index in [1.165, 1.54) is 6.26 Å². The first-order valence-corrected chi connectivity index (χ1v) is 7.80. The van der Waals surface area contributed by atoms with Crippen molar-refractivity contribution in [3.8, 4) is 17.3 Å². The zero-order valence-corrected chi connectivity index (χ0v) is 12.7. The summed E-state index contributed by atoms with van der Waals surface area (Å²) in [5.74, 6) is 0.998. The number of aryl methyl sites for hydroxylation is 1. The topological polar surface area (TPSA) is 49.8 Å². The minimum Gasteiger partial charge on any atom is -0.469 e. The lowest BCUT2D eigenvalue weighted by Crippen LogP contribution is -2.18. The quantitative estimate of drug-likeness (QED) is 0.607. The van der Waals surface area contributed by atoms with Crippen LogP contribution in [-0.4, -0.2) is 10.7 Å². The highest BCUT2D eigenvalue weighted by atomic mass is 32.2. The molecule has 0 radical (unpaired) electrons. The highest BCUT2D eigenvalue weighted by molar-refractivity contribution is 7.99. The summed E-state index contributed by atoms with van der Waals surface area (Å²) in [4.78, 5) is 4.34. The Morgan fingerprint density at radius 3 is 2.87 bits per heavy atom. The zero-order valence-electron chi connectivity index (χ0n) is 11.9. The van der Waals surface area contributed by atoms with Crippen LogP contribution in [0.3, 0.4) is 0 Å². The minimum atomic E-state index is -4.61. The standard InChI is InChI=1S/C16H11F3N2OS/c1-2-7-23-15-11(8-20)13(16(17,18)19)10-3-4-12-9(5-6-22-12)14(10)21-15/h2,5-6H,1,3-4,7H2. The summed E-state index contributed by atoms with van der Waals surface area (Å²) in [6.45, 7) is 3.55. The first-order chi connectivity index (χ1) is 11.0. The average Bonchev–Trinajstić information content (AvgIpc) is 2.99. The van der Waals surface area contributed by atoms with Crippen LogP contribution in [0.5, 0.6) is 0 Å². The number of nitriles is 1. The Morgan fingerprint density at radius 1 is 1.43 bits per heavy atom. The van der Waals surface area contributed by atoms with Gasteiger partial charge in [-0.2, -0.15) is 18.4 Å². The molecule has 0 fully saturated rings. The Kier molecular flexibility index (Phi) is 3.94. The number of hydrogen-bond donors (Lipinski definition) is 0. The first-order valence-electron chi connectivity index (χ1n) is 6.82. The van der Waals surface area contributed by atoms with Gasteiger partial charge in [0, 0.05) is 17.7 Å². The van der Waals surface area contributed by atoms with Crippen LogP contribution in [0, 0.1) is 11.3 Å². The zero-order chi connectivity index (χ0) is 16.6. The van der Waals surface area contributed by atoms with E-state index in [-0.39, 0.29) is 22.7 Å². The van der Waals surface area contributed by atoms with Crippen molar-refractivity contribution < 1.29 is 17.6 Å². The van der Waals surface area contributed by atoms with E-state index in [0.29, 0.717) is 23.5 Å². The SMILES string of the molecule is C=CCSc1nc2c(c(C(F)(F)F)c1C#N)CCc1occc1-2. The summed E-state index contributed by atoms with van der Waals surface area (Å²) < 4.78 is 46.1. The summed E-state index contributed by atoms with van der Waals surface area (Å²) in [7, 11) is 0. The van der Waals surface area contributed by atoms with E-state index in [2.05, 4.69) is 11.6 Å². The molecule has 2 aromatic rings. The van der Waals surface area contributed by atoms with Crippen LogP contribution in [0.1, 0.15) is 22.5 Å². The van der Waals surface area contributed by atoms with Crippen molar-refractivity contribution >= 4 is 11.8 Å². The molecule has 2 heterocycles. The molecule has 0 atom stereocenters. The second kappa shape index (κ2) is 5.78. The molecule has 0 bridgehead atoms. The van der Waals surface area contributed by atoms with Crippen molar-refractivity contribution in [2.24, 2.45) is 0 Å². The van der Waals surface area contributed by atoms with Crippen LogP contribution >= 0.6 is 11.8 Å². The number of fused-ring (bicyclic) bond motifs is 3. The third-order valence-electron chi connectivity index (χ3n) is 3.60. The number of furan rings is 1. The second-order valence-electron chi connectivity index (χ2n) is 4.96. The van der Waals surface area contributed by atoms with Gasteiger partial charge in [0.25, 0.3) is 0 Å². The van der Waals surface area contributed by atoms with Crippen molar-refractivity contribution in [2.45, 2.75) is 24.0 Å². The molecular weight excluding hydrogens is 325 g/mol. The van der Waals surface area contributed by atoms with Gasteiger partial charge in [-0.25, -0.2) is 4.98 Å². The normalized spacial score (nSPS) is 13.1. The Morgan fingerprint density at radius 2 is 2.22 bits per heavy atom. The molecule has 118 valence electrons. The van der Waals surface area contributed by atoms with Crippen molar-refractivity contribution in [1.82, 2.24) is 4.98 Å². The molecular formula is C16H11F3N2OS. The van der Waals surface area contributed by atoms with Crippen LogP contribution < -0.4 is 0 Å². The van der Waals surface area contributed by atoms with Crippen molar-refractivity contribution in [3.05, 3.63) is 47.4 Å². The predicted octanol–water partition coefficient (Wildman–Crippen LogP) is 4.61. The molecule has 23 heavy (non-hydrogen) atoms. The molecule has 0 saturated carbocycles. The molecule has 7 heteroatoms. The summed E-state index contributed by atoms with van der Waals surface area (Å²) in [5, 5.41) is 9.35. The molecule has 0 saturated heterocycles. The Balaban J connectivity index is 2.32. The maximum absolute atomic E-state index is 13.6. The molecule has 3 nitrogen and oxygen atoms in total. The van der Waals surface area contributed by atoms with Crippen LogP contribution in [0.4, 0.5) is 13.2 Å². The van der Waals surface area contributed by atoms with Gasteiger partial charge in [0.15, 0.2) is 0 Å². The maximum atomic E-state index is 13.6. The monoisotopic (exact) mass is 336 g/mol. The molecule has 0 spiro atoms. The van der Waals surface area contributed by atoms with Crippen molar-refractivity contribution in [1.29, 1.82) is 5.26 Å². The highest BCUT2D eigenvalue weighted by Crippen LogP contribution is 2.44. The van der Waals surface area contributed by atoms with Gasteiger partial charge in [0.2, 0.25) is 0 Å². The Hall–Kier alpha value is -2.20. The number of pyridine rings is 1. The lowest BCUT2D eigenvalue weighted by molar-refractivity contribution is -0.138. The lowest BCUT2D eigenvalue weighted by atomic mass is 9.89. The molecule has 1 aliphatic rings.